The molecule has 4 nitrogen and oxygen atoms in total. The van der Waals surface area contributed by atoms with E-state index in [9.17, 15) is 5.11 Å². The molecule has 2 rings (SSSR count). The molecule has 0 radical (unpaired) electrons. The van der Waals surface area contributed by atoms with Gasteiger partial charge >= 0.3 is 0 Å². The van der Waals surface area contributed by atoms with E-state index >= 15 is 0 Å². The molecule has 3 N–H and O–H groups in total. The van der Waals surface area contributed by atoms with Gasteiger partial charge in [0.15, 0.2) is 0 Å². The van der Waals surface area contributed by atoms with Gasteiger partial charge in [0.05, 0.1) is 13.2 Å². The van der Waals surface area contributed by atoms with Crippen molar-refractivity contribution in [1.29, 1.82) is 0 Å². The lowest BCUT2D eigenvalue weighted by Crippen LogP contribution is -2.41. The zero-order valence-electron chi connectivity index (χ0n) is 11.7. The van der Waals surface area contributed by atoms with E-state index in [2.05, 4.69) is 0 Å². The zero-order chi connectivity index (χ0) is 13.9. The number of aliphatic hydroxyl groups excluding tert-OH is 1. The zero-order valence-corrected chi connectivity index (χ0v) is 11.7. The van der Waals surface area contributed by atoms with Crippen molar-refractivity contribution < 1.29 is 14.6 Å². The molecule has 0 aliphatic carbocycles. The summed E-state index contributed by atoms with van der Waals surface area (Å²) >= 11 is 0. The fraction of sp³-hybridized carbons (Fsp3) is 0.600. The third-order valence-electron chi connectivity index (χ3n) is 4.21. The SMILES string of the molecule is COc1ccc(C(O)C2(CN)CCOCC2)cc1C. The van der Waals surface area contributed by atoms with Crippen LogP contribution in [0.5, 0.6) is 5.75 Å². The Hall–Kier alpha value is -1.10. The molecule has 0 spiro atoms. The summed E-state index contributed by atoms with van der Waals surface area (Å²) in [6.45, 7) is 3.80. The van der Waals surface area contributed by atoms with Gasteiger partial charge in [-0.25, -0.2) is 0 Å². The highest BCUT2D eigenvalue weighted by Gasteiger charge is 2.39. The minimum atomic E-state index is -0.550. The lowest BCUT2D eigenvalue weighted by Gasteiger charge is -2.40. The van der Waals surface area contributed by atoms with Crippen LogP contribution in [0.3, 0.4) is 0 Å². The fourth-order valence-electron chi connectivity index (χ4n) is 2.79. The molecule has 0 amide bonds. The number of hydrogen-bond donors (Lipinski definition) is 2. The molecule has 0 saturated carbocycles. The predicted octanol–water partition coefficient (Wildman–Crippen LogP) is 1.79. The summed E-state index contributed by atoms with van der Waals surface area (Å²) in [6, 6.07) is 5.80. The van der Waals surface area contributed by atoms with Gasteiger partial charge in [-0.1, -0.05) is 6.07 Å². The third kappa shape index (κ3) is 2.76. The van der Waals surface area contributed by atoms with Crippen molar-refractivity contribution in [2.24, 2.45) is 11.1 Å². The first-order chi connectivity index (χ1) is 9.13. The molecule has 1 atom stereocenters. The Labute approximate surface area is 114 Å². The number of aryl methyl sites for hydroxylation is 1. The molecule has 1 unspecified atom stereocenters. The quantitative estimate of drug-likeness (QED) is 0.871. The van der Waals surface area contributed by atoms with Crippen LogP contribution in [-0.2, 0) is 4.74 Å². The number of methoxy groups -OCH3 is 1. The number of nitrogens with two attached hydrogens (primary N) is 1. The molecule has 1 aliphatic heterocycles. The Morgan fingerprint density at radius 2 is 2.11 bits per heavy atom. The molecule has 1 aromatic rings. The van der Waals surface area contributed by atoms with E-state index in [4.69, 9.17) is 15.2 Å². The Kier molecular flexibility index (Phi) is 4.45. The molecule has 0 aromatic heterocycles. The highest BCUT2D eigenvalue weighted by molar-refractivity contribution is 5.37. The topological polar surface area (TPSA) is 64.7 Å². The van der Waals surface area contributed by atoms with Crippen molar-refractivity contribution in [2.45, 2.75) is 25.9 Å². The standard InChI is InChI=1S/C15H23NO3/c1-11-9-12(3-4-13(11)18-2)14(17)15(10-16)5-7-19-8-6-15/h3-4,9,14,17H,5-8,10,16H2,1-2H3. The average molecular weight is 265 g/mol. The minimum absolute atomic E-state index is 0.265. The van der Waals surface area contributed by atoms with E-state index in [1.807, 2.05) is 25.1 Å². The van der Waals surface area contributed by atoms with Crippen molar-refractivity contribution >= 4 is 0 Å². The molecule has 1 saturated heterocycles. The molecule has 1 fully saturated rings. The smallest absolute Gasteiger partial charge is 0.121 e. The van der Waals surface area contributed by atoms with Crippen molar-refractivity contribution in [3.8, 4) is 5.75 Å². The maximum atomic E-state index is 10.7. The van der Waals surface area contributed by atoms with Crippen molar-refractivity contribution in [3.63, 3.8) is 0 Å². The van der Waals surface area contributed by atoms with Gasteiger partial charge in [0.2, 0.25) is 0 Å². The Morgan fingerprint density at radius 3 is 2.63 bits per heavy atom. The molecule has 1 aromatic carbocycles. The minimum Gasteiger partial charge on any atom is -0.496 e. The van der Waals surface area contributed by atoms with E-state index < -0.39 is 6.10 Å². The second-order valence-electron chi connectivity index (χ2n) is 5.31. The highest BCUT2D eigenvalue weighted by atomic mass is 16.5. The first-order valence-electron chi connectivity index (χ1n) is 6.73. The maximum Gasteiger partial charge on any atom is 0.121 e. The number of hydrogen-bond acceptors (Lipinski definition) is 4. The largest absolute Gasteiger partial charge is 0.496 e. The molecular formula is C15H23NO3. The van der Waals surface area contributed by atoms with Crippen LogP contribution in [0.25, 0.3) is 0 Å². The van der Waals surface area contributed by atoms with Crippen LogP contribution in [0, 0.1) is 12.3 Å². The van der Waals surface area contributed by atoms with E-state index in [1.165, 1.54) is 0 Å². The monoisotopic (exact) mass is 265 g/mol. The number of aliphatic hydroxyl groups is 1. The van der Waals surface area contributed by atoms with Crippen molar-refractivity contribution in [2.75, 3.05) is 26.9 Å². The molecular weight excluding hydrogens is 242 g/mol. The predicted molar refractivity (Wildman–Crippen MR) is 74.2 cm³/mol. The number of ether oxygens (including phenoxy) is 2. The van der Waals surface area contributed by atoms with Crippen LogP contribution < -0.4 is 10.5 Å². The summed E-state index contributed by atoms with van der Waals surface area (Å²) in [7, 11) is 1.65. The lowest BCUT2D eigenvalue weighted by atomic mass is 9.73. The molecule has 1 aliphatic rings. The molecule has 1 heterocycles. The summed E-state index contributed by atoms with van der Waals surface area (Å²) in [5, 5.41) is 10.7. The maximum absolute atomic E-state index is 10.7. The summed E-state index contributed by atoms with van der Waals surface area (Å²) in [6.07, 6.45) is 1.05. The second kappa shape index (κ2) is 5.90. The van der Waals surface area contributed by atoms with E-state index in [-0.39, 0.29) is 5.41 Å². The molecule has 19 heavy (non-hydrogen) atoms. The van der Waals surface area contributed by atoms with Gasteiger partial charge < -0.3 is 20.3 Å². The van der Waals surface area contributed by atoms with Crippen LogP contribution in [0.4, 0.5) is 0 Å². The van der Waals surface area contributed by atoms with Crippen LogP contribution in [0.2, 0.25) is 0 Å². The van der Waals surface area contributed by atoms with Crippen molar-refractivity contribution in [1.82, 2.24) is 0 Å². The molecule has 4 heteroatoms. The number of rotatable bonds is 4. The highest BCUT2D eigenvalue weighted by Crippen LogP contribution is 2.42. The van der Waals surface area contributed by atoms with Gasteiger partial charge in [-0.3, -0.25) is 0 Å². The van der Waals surface area contributed by atoms with E-state index in [0.717, 1.165) is 29.7 Å². The normalized spacial score (nSPS) is 20.0. The van der Waals surface area contributed by atoms with Crippen LogP contribution in [0.15, 0.2) is 18.2 Å². The van der Waals surface area contributed by atoms with Gasteiger partial charge in [-0.2, -0.15) is 0 Å². The fourth-order valence-corrected chi connectivity index (χ4v) is 2.79. The van der Waals surface area contributed by atoms with E-state index in [0.29, 0.717) is 19.8 Å². The van der Waals surface area contributed by atoms with Crippen LogP contribution in [-0.4, -0.2) is 32.0 Å². The average Bonchev–Trinajstić information content (AvgIpc) is 2.47. The summed E-state index contributed by atoms with van der Waals surface area (Å²) in [5.74, 6) is 0.838. The van der Waals surface area contributed by atoms with Gasteiger partial charge in [-0.05, 0) is 43.0 Å². The Bertz CT molecular complexity index is 427. The molecule has 106 valence electrons. The van der Waals surface area contributed by atoms with Crippen LogP contribution >= 0.6 is 0 Å². The molecule has 0 bridgehead atoms. The summed E-state index contributed by atoms with van der Waals surface area (Å²) in [5.41, 5.74) is 7.60. The second-order valence-corrected chi connectivity index (χ2v) is 5.31. The van der Waals surface area contributed by atoms with Gasteiger partial charge in [0, 0.05) is 25.2 Å². The van der Waals surface area contributed by atoms with Gasteiger partial charge in [-0.15, -0.1) is 0 Å². The summed E-state index contributed by atoms with van der Waals surface area (Å²) in [4.78, 5) is 0. The summed E-state index contributed by atoms with van der Waals surface area (Å²) < 4.78 is 10.6. The van der Waals surface area contributed by atoms with Gasteiger partial charge in [0.25, 0.3) is 0 Å². The van der Waals surface area contributed by atoms with Crippen LogP contribution in [0.1, 0.15) is 30.1 Å². The van der Waals surface area contributed by atoms with Crippen molar-refractivity contribution in [3.05, 3.63) is 29.3 Å². The first kappa shape index (κ1) is 14.3. The third-order valence-corrected chi connectivity index (χ3v) is 4.21. The Morgan fingerprint density at radius 1 is 1.42 bits per heavy atom. The number of benzene rings is 1. The Balaban J connectivity index is 2.26. The van der Waals surface area contributed by atoms with Gasteiger partial charge in [0.1, 0.15) is 5.75 Å². The first-order valence-corrected chi connectivity index (χ1v) is 6.73. The lowest BCUT2D eigenvalue weighted by molar-refractivity contribution is -0.0581. The van der Waals surface area contributed by atoms with E-state index in [1.54, 1.807) is 7.11 Å².